The number of guanidine groups is 1. The quantitative estimate of drug-likeness (QED) is 0.396. The minimum absolute atomic E-state index is 0.351. The van der Waals surface area contributed by atoms with Crippen LogP contribution in [0.5, 0.6) is 11.5 Å². The van der Waals surface area contributed by atoms with Crippen molar-refractivity contribution in [2.24, 2.45) is 4.99 Å². The fraction of sp³-hybridized carbons (Fsp3) is 0.632. The van der Waals surface area contributed by atoms with E-state index in [4.69, 9.17) is 18.9 Å². The van der Waals surface area contributed by atoms with Gasteiger partial charge in [-0.05, 0) is 31.4 Å². The number of ether oxygens (including phenoxy) is 4. The van der Waals surface area contributed by atoms with E-state index in [-0.39, 0.29) is 0 Å². The van der Waals surface area contributed by atoms with Gasteiger partial charge in [0.25, 0.3) is 0 Å². The molecule has 0 atom stereocenters. The lowest BCUT2D eigenvalue weighted by atomic mass is 10.1. The predicted octanol–water partition coefficient (Wildman–Crippen LogP) is 1.95. The highest BCUT2D eigenvalue weighted by molar-refractivity contribution is 5.79. The third-order valence-corrected chi connectivity index (χ3v) is 4.30. The summed E-state index contributed by atoms with van der Waals surface area (Å²) in [4.78, 5) is 4.25. The highest BCUT2D eigenvalue weighted by Gasteiger charge is 2.13. The van der Waals surface area contributed by atoms with Crippen molar-refractivity contribution in [3.8, 4) is 11.5 Å². The maximum atomic E-state index is 5.87. The Kier molecular flexibility index (Phi) is 9.06. The number of hydrogen-bond donors (Lipinski definition) is 2. The maximum Gasteiger partial charge on any atom is 0.191 e. The zero-order valence-corrected chi connectivity index (χ0v) is 16.0. The largest absolute Gasteiger partial charge is 0.497 e. The van der Waals surface area contributed by atoms with Crippen molar-refractivity contribution in [1.82, 2.24) is 10.6 Å². The van der Waals surface area contributed by atoms with Gasteiger partial charge in [-0.3, -0.25) is 4.99 Å². The molecular formula is C19H31N3O4. The van der Waals surface area contributed by atoms with Gasteiger partial charge in [0, 0.05) is 51.6 Å². The number of nitrogens with one attached hydrogen (secondary N) is 2. The van der Waals surface area contributed by atoms with E-state index in [2.05, 4.69) is 15.6 Å². The second-order valence-corrected chi connectivity index (χ2v) is 6.07. The first-order valence-corrected chi connectivity index (χ1v) is 9.11. The topological polar surface area (TPSA) is 73.3 Å². The summed E-state index contributed by atoms with van der Waals surface area (Å²) in [6.07, 6.45) is 3.29. The van der Waals surface area contributed by atoms with Crippen LogP contribution < -0.4 is 20.1 Å². The predicted molar refractivity (Wildman–Crippen MR) is 102 cm³/mol. The van der Waals surface area contributed by atoms with E-state index in [9.17, 15) is 0 Å². The fourth-order valence-electron chi connectivity index (χ4n) is 2.77. The first kappa shape index (κ1) is 20.3. The highest BCUT2D eigenvalue weighted by Crippen LogP contribution is 2.24. The minimum Gasteiger partial charge on any atom is -0.497 e. The Morgan fingerprint density at radius 1 is 1.19 bits per heavy atom. The molecule has 2 rings (SSSR count). The fourth-order valence-corrected chi connectivity index (χ4v) is 2.77. The van der Waals surface area contributed by atoms with Gasteiger partial charge >= 0.3 is 0 Å². The zero-order valence-electron chi connectivity index (χ0n) is 16.0. The van der Waals surface area contributed by atoms with Crippen molar-refractivity contribution in [1.29, 1.82) is 0 Å². The molecule has 7 nitrogen and oxygen atoms in total. The van der Waals surface area contributed by atoms with Crippen LogP contribution in [0.2, 0.25) is 0 Å². The molecule has 1 aromatic carbocycles. The highest BCUT2D eigenvalue weighted by atomic mass is 16.5. The summed E-state index contributed by atoms with van der Waals surface area (Å²) < 4.78 is 21.8. The summed E-state index contributed by atoms with van der Waals surface area (Å²) in [5.41, 5.74) is 1.04. The van der Waals surface area contributed by atoms with Crippen molar-refractivity contribution in [3.05, 3.63) is 23.8 Å². The number of methoxy groups -OCH3 is 2. The Labute approximate surface area is 156 Å². The number of nitrogens with zero attached hydrogens (tertiary/aromatic N) is 1. The van der Waals surface area contributed by atoms with Gasteiger partial charge in [-0.1, -0.05) is 0 Å². The Balaban J connectivity index is 1.67. The molecule has 1 aromatic rings. The zero-order chi connectivity index (χ0) is 18.6. The SMILES string of the molecule is CN=C(NCCCOC1CCOCC1)NCc1ccc(OC)cc1OC. The van der Waals surface area contributed by atoms with Crippen LogP contribution in [0, 0.1) is 0 Å². The normalized spacial score (nSPS) is 15.6. The van der Waals surface area contributed by atoms with Gasteiger partial charge in [0.15, 0.2) is 5.96 Å². The molecule has 146 valence electrons. The summed E-state index contributed by atoms with van der Waals surface area (Å²) in [7, 11) is 5.06. The minimum atomic E-state index is 0.351. The van der Waals surface area contributed by atoms with Crippen molar-refractivity contribution in [3.63, 3.8) is 0 Å². The van der Waals surface area contributed by atoms with Crippen LogP contribution in [0.4, 0.5) is 0 Å². The number of benzene rings is 1. The molecule has 0 saturated carbocycles. The summed E-state index contributed by atoms with van der Waals surface area (Å²) in [5, 5.41) is 6.61. The summed E-state index contributed by atoms with van der Waals surface area (Å²) in [6, 6.07) is 5.78. The molecule has 1 fully saturated rings. The molecule has 7 heteroatoms. The second kappa shape index (κ2) is 11.6. The first-order valence-electron chi connectivity index (χ1n) is 9.11. The Hall–Kier alpha value is -1.99. The van der Waals surface area contributed by atoms with Crippen LogP contribution in [0.3, 0.4) is 0 Å². The average Bonchev–Trinajstić information content (AvgIpc) is 2.70. The van der Waals surface area contributed by atoms with Crippen LogP contribution in [-0.2, 0) is 16.0 Å². The summed E-state index contributed by atoms with van der Waals surface area (Å²) in [6.45, 7) is 3.80. The van der Waals surface area contributed by atoms with Crippen molar-refractivity contribution in [2.45, 2.75) is 31.9 Å². The van der Waals surface area contributed by atoms with Crippen molar-refractivity contribution < 1.29 is 18.9 Å². The van der Waals surface area contributed by atoms with E-state index in [1.54, 1.807) is 21.3 Å². The lowest BCUT2D eigenvalue weighted by Gasteiger charge is -2.22. The maximum absolute atomic E-state index is 5.87. The molecule has 0 unspecified atom stereocenters. The van der Waals surface area contributed by atoms with Gasteiger partial charge in [0.05, 0.1) is 20.3 Å². The van der Waals surface area contributed by atoms with Crippen LogP contribution in [0.25, 0.3) is 0 Å². The van der Waals surface area contributed by atoms with Gasteiger partial charge in [-0.25, -0.2) is 0 Å². The molecule has 0 bridgehead atoms. The van der Waals surface area contributed by atoms with Crippen molar-refractivity contribution in [2.75, 3.05) is 47.6 Å². The van der Waals surface area contributed by atoms with Crippen molar-refractivity contribution >= 4 is 5.96 Å². The van der Waals surface area contributed by atoms with Crippen LogP contribution in [0.15, 0.2) is 23.2 Å². The van der Waals surface area contributed by atoms with Gasteiger partial charge in [-0.2, -0.15) is 0 Å². The van der Waals surface area contributed by atoms with Gasteiger partial charge in [0.1, 0.15) is 11.5 Å². The second-order valence-electron chi connectivity index (χ2n) is 6.07. The molecule has 2 N–H and O–H groups in total. The molecule has 0 aliphatic carbocycles. The molecule has 26 heavy (non-hydrogen) atoms. The van der Waals surface area contributed by atoms with Gasteiger partial charge in [-0.15, -0.1) is 0 Å². The van der Waals surface area contributed by atoms with Gasteiger partial charge < -0.3 is 29.6 Å². The van der Waals surface area contributed by atoms with Crippen LogP contribution >= 0.6 is 0 Å². The number of rotatable bonds is 9. The lowest BCUT2D eigenvalue weighted by Crippen LogP contribution is -2.37. The molecule has 0 aromatic heterocycles. The van der Waals surface area contributed by atoms with Crippen LogP contribution in [-0.4, -0.2) is 59.7 Å². The van der Waals surface area contributed by atoms with E-state index >= 15 is 0 Å². The molecule has 1 saturated heterocycles. The van der Waals surface area contributed by atoms with E-state index < -0.39 is 0 Å². The van der Waals surface area contributed by atoms with E-state index in [1.165, 1.54) is 0 Å². The van der Waals surface area contributed by atoms with E-state index in [1.807, 2.05) is 18.2 Å². The van der Waals surface area contributed by atoms with E-state index in [0.717, 1.165) is 68.6 Å². The Morgan fingerprint density at radius 2 is 2.00 bits per heavy atom. The molecule has 0 amide bonds. The Morgan fingerprint density at radius 3 is 2.69 bits per heavy atom. The van der Waals surface area contributed by atoms with E-state index in [0.29, 0.717) is 12.6 Å². The number of aliphatic imine (C=N–C) groups is 1. The van der Waals surface area contributed by atoms with Gasteiger partial charge in [0.2, 0.25) is 0 Å². The summed E-state index contributed by atoms with van der Waals surface area (Å²) >= 11 is 0. The lowest BCUT2D eigenvalue weighted by molar-refractivity contribution is -0.0320. The molecule has 1 heterocycles. The molecule has 1 aliphatic rings. The average molecular weight is 365 g/mol. The molecule has 0 radical (unpaired) electrons. The monoisotopic (exact) mass is 365 g/mol. The Bertz CT molecular complexity index is 560. The van der Waals surface area contributed by atoms with Crippen LogP contribution in [0.1, 0.15) is 24.8 Å². The number of hydrogen-bond acceptors (Lipinski definition) is 5. The molecular weight excluding hydrogens is 334 g/mol. The molecule has 1 aliphatic heterocycles. The first-order chi connectivity index (χ1) is 12.8. The molecule has 0 spiro atoms. The smallest absolute Gasteiger partial charge is 0.191 e. The third kappa shape index (κ3) is 6.72. The third-order valence-electron chi connectivity index (χ3n) is 4.30. The standard InChI is InChI=1S/C19H31N3O4/c1-20-19(21-9-4-10-26-16-7-11-25-12-8-16)22-14-15-5-6-17(23-2)13-18(15)24-3/h5-6,13,16H,4,7-12,14H2,1-3H3,(H2,20,21,22). The summed E-state index contributed by atoms with van der Waals surface area (Å²) in [5.74, 6) is 2.32.